The Labute approximate surface area is 111 Å². The second-order valence-electron chi connectivity index (χ2n) is 5.16. The molecule has 0 aliphatic rings. The molecule has 19 heavy (non-hydrogen) atoms. The number of carbonyl (C=O) groups is 1. The van der Waals surface area contributed by atoms with E-state index in [2.05, 4.69) is 10.1 Å². The number of nitrogens with two attached hydrogens (primary N) is 1. The minimum atomic E-state index is -0.554. The third-order valence-electron chi connectivity index (χ3n) is 2.26. The molecule has 6 nitrogen and oxygen atoms in total. The SMILES string of the molecule is CC(C)(C)OC(=O)n1cc(-c2cncc(N)c2)cn1. The molecule has 2 heterocycles. The van der Waals surface area contributed by atoms with Crippen molar-refractivity contribution in [2.75, 3.05) is 5.73 Å². The van der Waals surface area contributed by atoms with Crippen molar-refractivity contribution >= 4 is 11.8 Å². The number of ether oxygens (including phenoxy) is 1. The Hall–Kier alpha value is -2.37. The van der Waals surface area contributed by atoms with E-state index >= 15 is 0 Å². The fourth-order valence-corrected chi connectivity index (χ4v) is 1.50. The first-order valence-electron chi connectivity index (χ1n) is 5.84. The van der Waals surface area contributed by atoms with Gasteiger partial charge < -0.3 is 10.5 Å². The molecule has 0 fully saturated rings. The third kappa shape index (κ3) is 3.31. The molecule has 0 saturated heterocycles. The van der Waals surface area contributed by atoms with Crippen LogP contribution >= 0.6 is 0 Å². The number of nitrogen functional groups attached to an aromatic ring is 1. The summed E-state index contributed by atoms with van der Waals surface area (Å²) >= 11 is 0. The van der Waals surface area contributed by atoms with Crippen molar-refractivity contribution in [3.8, 4) is 11.1 Å². The topological polar surface area (TPSA) is 83.0 Å². The highest BCUT2D eigenvalue weighted by Crippen LogP contribution is 2.19. The van der Waals surface area contributed by atoms with E-state index in [-0.39, 0.29) is 0 Å². The Kier molecular flexibility index (Phi) is 3.25. The minimum Gasteiger partial charge on any atom is -0.442 e. The van der Waals surface area contributed by atoms with Crippen LogP contribution in [0.2, 0.25) is 0 Å². The van der Waals surface area contributed by atoms with E-state index in [0.29, 0.717) is 5.69 Å². The van der Waals surface area contributed by atoms with Gasteiger partial charge in [0.05, 0.1) is 11.9 Å². The standard InChI is InChI=1S/C13H16N4O2/c1-13(2,3)19-12(18)17-8-10(6-16-17)9-4-11(14)7-15-5-9/h4-8H,14H2,1-3H3. The first-order chi connectivity index (χ1) is 8.85. The zero-order valence-corrected chi connectivity index (χ0v) is 11.1. The van der Waals surface area contributed by atoms with E-state index in [4.69, 9.17) is 10.5 Å². The number of hydrogen-bond donors (Lipinski definition) is 1. The molecular weight excluding hydrogens is 244 g/mol. The smallest absolute Gasteiger partial charge is 0.435 e. The fourth-order valence-electron chi connectivity index (χ4n) is 1.50. The van der Waals surface area contributed by atoms with E-state index in [1.54, 1.807) is 51.6 Å². The van der Waals surface area contributed by atoms with Gasteiger partial charge in [0.15, 0.2) is 0 Å². The molecule has 0 spiro atoms. The Morgan fingerprint density at radius 3 is 2.63 bits per heavy atom. The maximum absolute atomic E-state index is 11.8. The molecule has 0 aliphatic heterocycles. The first kappa shape index (κ1) is 13.1. The molecular formula is C13H16N4O2. The number of carbonyl (C=O) groups excluding carboxylic acids is 1. The van der Waals surface area contributed by atoms with Crippen molar-refractivity contribution in [2.24, 2.45) is 0 Å². The van der Waals surface area contributed by atoms with Crippen LogP contribution < -0.4 is 5.73 Å². The Bertz CT molecular complexity index is 599. The summed E-state index contributed by atoms with van der Waals surface area (Å²) in [6.07, 6.45) is 5.86. The summed E-state index contributed by atoms with van der Waals surface area (Å²) < 4.78 is 6.37. The molecule has 0 radical (unpaired) electrons. The fraction of sp³-hybridized carbons (Fsp3) is 0.308. The molecule has 0 unspecified atom stereocenters. The summed E-state index contributed by atoms with van der Waals surface area (Å²) in [6.45, 7) is 5.41. The van der Waals surface area contributed by atoms with E-state index in [1.165, 1.54) is 0 Å². The van der Waals surface area contributed by atoms with Crippen molar-refractivity contribution in [1.82, 2.24) is 14.8 Å². The molecule has 2 aromatic heterocycles. The van der Waals surface area contributed by atoms with Crippen molar-refractivity contribution in [2.45, 2.75) is 26.4 Å². The highest BCUT2D eigenvalue weighted by molar-refractivity contribution is 5.73. The number of nitrogens with zero attached hydrogens (tertiary/aromatic N) is 3. The molecule has 0 aliphatic carbocycles. The van der Waals surface area contributed by atoms with Gasteiger partial charge in [-0.1, -0.05) is 0 Å². The number of rotatable bonds is 1. The zero-order chi connectivity index (χ0) is 14.0. The molecule has 6 heteroatoms. The van der Waals surface area contributed by atoms with Crippen LogP contribution in [0.25, 0.3) is 11.1 Å². The number of pyridine rings is 1. The van der Waals surface area contributed by atoms with Crippen molar-refractivity contribution in [3.05, 3.63) is 30.9 Å². The Balaban J connectivity index is 2.22. The Morgan fingerprint density at radius 1 is 1.26 bits per heavy atom. The van der Waals surface area contributed by atoms with Crippen LogP contribution in [0, 0.1) is 0 Å². The molecule has 0 saturated carbocycles. The molecule has 2 rings (SSSR count). The molecule has 0 aromatic carbocycles. The van der Waals surface area contributed by atoms with Gasteiger partial charge in [-0.25, -0.2) is 4.79 Å². The normalized spacial score (nSPS) is 11.3. The second-order valence-corrected chi connectivity index (χ2v) is 5.16. The summed E-state index contributed by atoms with van der Waals surface area (Å²) in [5.74, 6) is 0. The summed E-state index contributed by atoms with van der Waals surface area (Å²) in [6, 6.07) is 1.77. The Morgan fingerprint density at radius 2 is 2.00 bits per heavy atom. The van der Waals surface area contributed by atoms with Crippen LogP contribution in [-0.4, -0.2) is 26.5 Å². The van der Waals surface area contributed by atoms with Gasteiger partial charge in [-0.3, -0.25) is 4.98 Å². The number of anilines is 1. The molecule has 100 valence electrons. The quantitative estimate of drug-likeness (QED) is 0.850. The molecule has 2 aromatic rings. The van der Waals surface area contributed by atoms with Crippen LogP contribution in [0.1, 0.15) is 20.8 Å². The van der Waals surface area contributed by atoms with Gasteiger partial charge in [0.25, 0.3) is 0 Å². The lowest BCUT2D eigenvalue weighted by Gasteiger charge is -2.18. The second kappa shape index (κ2) is 4.72. The summed E-state index contributed by atoms with van der Waals surface area (Å²) in [7, 11) is 0. The maximum Gasteiger partial charge on any atom is 0.435 e. The highest BCUT2D eigenvalue weighted by Gasteiger charge is 2.18. The van der Waals surface area contributed by atoms with E-state index < -0.39 is 11.7 Å². The van der Waals surface area contributed by atoms with Gasteiger partial charge in [0.2, 0.25) is 0 Å². The minimum absolute atomic E-state index is 0.518. The average Bonchev–Trinajstić information content (AvgIpc) is 2.75. The monoisotopic (exact) mass is 260 g/mol. The van der Waals surface area contributed by atoms with Crippen molar-refractivity contribution in [1.29, 1.82) is 0 Å². The summed E-state index contributed by atoms with van der Waals surface area (Å²) in [5, 5.41) is 3.98. The van der Waals surface area contributed by atoms with E-state index in [0.717, 1.165) is 15.8 Å². The molecule has 0 bridgehead atoms. The van der Waals surface area contributed by atoms with Crippen LogP contribution in [-0.2, 0) is 4.74 Å². The van der Waals surface area contributed by atoms with Crippen LogP contribution in [0.3, 0.4) is 0 Å². The number of hydrogen-bond acceptors (Lipinski definition) is 5. The lowest BCUT2D eigenvalue weighted by molar-refractivity contribution is 0.0514. The van der Waals surface area contributed by atoms with E-state index in [9.17, 15) is 4.79 Å². The summed E-state index contributed by atoms with van der Waals surface area (Å²) in [5.41, 5.74) is 7.22. The van der Waals surface area contributed by atoms with Crippen LogP contribution in [0.5, 0.6) is 0 Å². The van der Waals surface area contributed by atoms with Crippen molar-refractivity contribution < 1.29 is 9.53 Å². The predicted octanol–water partition coefficient (Wildman–Crippen LogP) is 2.31. The maximum atomic E-state index is 11.8. The van der Waals surface area contributed by atoms with Gasteiger partial charge in [-0.15, -0.1) is 0 Å². The lowest BCUT2D eigenvalue weighted by atomic mass is 10.1. The van der Waals surface area contributed by atoms with Gasteiger partial charge in [0.1, 0.15) is 5.60 Å². The zero-order valence-electron chi connectivity index (χ0n) is 11.1. The molecule has 2 N–H and O–H groups in total. The largest absolute Gasteiger partial charge is 0.442 e. The molecule has 0 atom stereocenters. The summed E-state index contributed by atoms with van der Waals surface area (Å²) in [4.78, 5) is 15.8. The van der Waals surface area contributed by atoms with Crippen LogP contribution in [0.15, 0.2) is 30.9 Å². The van der Waals surface area contributed by atoms with Gasteiger partial charge in [0, 0.05) is 29.7 Å². The molecule has 0 amide bonds. The highest BCUT2D eigenvalue weighted by atomic mass is 16.6. The van der Waals surface area contributed by atoms with Gasteiger partial charge in [-0.05, 0) is 26.8 Å². The van der Waals surface area contributed by atoms with E-state index in [1.807, 2.05) is 0 Å². The average molecular weight is 260 g/mol. The van der Waals surface area contributed by atoms with Crippen LogP contribution in [0.4, 0.5) is 10.5 Å². The lowest BCUT2D eigenvalue weighted by Crippen LogP contribution is -2.27. The van der Waals surface area contributed by atoms with Crippen molar-refractivity contribution in [3.63, 3.8) is 0 Å². The predicted molar refractivity (Wildman–Crippen MR) is 71.5 cm³/mol. The van der Waals surface area contributed by atoms with Gasteiger partial charge >= 0.3 is 6.09 Å². The number of aromatic nitrogens is 3. The third-order valence-corrected chi connectivity index (χ3v) is 2.26. The van der Waals surface area contributed by atoms with Gasteiger partial charge in [-0.2, -0.15) is 9.78 Å². The first-order valence-corrected chi connectivity index (χ1v) is 5.84.